The highest BCUT2D eigenvalue weighted by Crippen LogP contribution is 2.47. The van der Waals surface area contributed by atoms with Crippen LogP contribution >= 0.6 is 27.3 Å². The van der Waals surface area contributed by atoms with E-state index in [1.165, 1.54) is 18.4 Å². The molecule has 2 aromatic heterocycles. The van der Waals surface area contributed by atoms with Crippen molar-refractivity contribution in [2.45, 2.75) is 50.9 Å². The van der Waals surface area contributed by atoms with E-state index < -0.39 is 30.1 Å². The van der Waals surface area contributed by atoms with Gasteiger partial charge in [0, 0.05) is 11.3 Å². The van der Waals surface area contributed by atoms with Crippen LogP contribution in [0.1, 0.15) is 68.7 Å². The smallest absolute Gasteiger partial charge is 0.410 e. The second kappa shape index (κ2) is 9.92. The van der Waals surface area contributed by atoms with Gasteiger partial charge in [0.05, 0.1) is 23.2 Å². The first-order valence-electron chi connectivity index (χ1n) is 12.0. The summed E-state index contributed by atoms with van der Waals surface area (Å²) >= 11 is 4.57. The molecule has 0 bridgehead atoms. The molecule has 0 fully saturated rings. The van der Waals surface area contributed by atoms with Crippen LogP contribution in [0.15, 0.2) is 28.7 Å². The molecular weight excluding hydrogens is 587 g/mol. The van der Waals surface area contributed by atoms with Crippen LogP contribution < -0.4 is 21.1 Å². The number of nitrogens with zero attached hydrogens (tertiary/aromatic N) is 2. The number of thiophene rings is 1. The normalized spacial score (nSPS) is 20.7. The Morgan fingerprint density at radius 3 is 2.63 bits per heavy atom. The van der Waals surface area contributed by atoms with Gasteiger partial charge in [0.1, 0.15) is 16.6 Å². The van der Waals surface area contributed by atoms with Crippen LogP contribution in [0.4, 0.5) is 24.0 Å². The lowest BCUT2D eigenvalue weighted by Gasteiger charge is -2.33. The van der Waals surface area contributed by atoms with Crippen LogP contribution in [0.3, 0.4) is 0 Å². The summed E-state index contributed by atoms with van der Waals surface area (Å²) in [5.74, 6) is -0.335. The molecule has 0 saturated carbocycles. The van der Waals surface area contributed by atoms with Gasteiger partial charge in [0.2, 0.25) is 0 Å². The number of hydrogen-bond donors (Lipinski definition) is 3. The van der Waals surface area contributed by atoms with Crippen molar-refractivity contribution in [1.82, 2.24) is 9.78 Å². The van der Waals surface area contributed by atoms with Crippen LogP contribution in [0.2, 0.25) is 0 Å². The summed E-state index contributed by atoms with van der Waals surface area (Å²) in [5.41, 5.74) is 7.14. The Morgan fingerprint density at radius 2 is 2.00 bits per heavy atom. The van der Waals surface area contributed by atoms with Crippen molar-refractivity contribution in [3.05, 3.63) is 56.0 Å². The second-order valence-corrected chi connectivity index (χ2v) is 11.5. The molecule has 2 amide bonds. The molecule has 3 heterocycles. The van der Waals surface area contributed by atoms with Gasteiger partial charge < -0.3 is 21.1 Å². The fourth-order valence-corrected chi connectivity index (χ4v) is 7.02. The molecule has 8 nitrogen and oxygen atoms in total. The average Bonchev–Trinajstić information content (AvgIpc) is 3.39. The van der Waals surface area contributed by atoms with Gasteiger partial charge in [-0.2, -0.15) is 18.3 Å². The number of amides is 2. The average molecular weight is 612 g/mol. The quantitative estimate of drug-likeness (QED) is 0.335. The van der Waals surface area contributed by atoms with Crippen molar-refractivity contribution in [2.75, 3.05) is 17.7 Å². The van der Waals surface area contributed by atoms with Crippen LogP contribution in [0.25, 0.3) is 0 Å². The minimum Gasteiger partial charge on any atom is -0.497 e. The Bertz CT molecular complexity index is 1400. The van der Waals surface area contributed by atoms with E-state index in [4.69, 9.17) is 10.5 Å². The molecule has 4 N–H and O–H groups in total. The third-order valence-corrected chi connectivity index (χ3v) is 8.93. The number of halogens is 4. The van der Waals surface area contributed by atoms with Crippen LogP contribution in [-0.4, -0.2) is 34.9 Å². The van der Waals surface area contributed by atoms with Crippen molar-refractivity contribution in [3.8, 4) is 5.75 Å². The number of rotatable bonds is 5. The molecule has 1 aliphatic carbocycles. The lowest BCUT2D eigenvalue weighted by atomic mass is 9.88. The van der Waals surface area contributed by atoms with E-state index in [1.54, 1.807) is 24.3 Å². The number of ether oxygens (including phenoxy) is 1. The van der Waals surface area contributed by atoms with E-state index in [1.807, 2.05) is 0 Å². The van der Waals surface area contributed by atoms with Gasteiger partial charge in [-0.15, -0.1) is 11.3 Å². The second-order valence-electron chi connectivity index (χ2n) is 9.59. The van der Waals surface area contributed by atoms with Crippen molar-refractivity contribution >= 4 is 49.9 Å². The SMILES string of the molecule is COc1ccc(C2CC(C(F)(F)F)n3nc(C(=O)Nc4sc5c(c4C(N)=O)CCC(C)C5)c(Br)c3N2)cc1. The van der Waals surface area contributed by atoms with Gasteiger partial charge in [-0.3, -0.25) is 9.59 Å². The number of alkyl halides is 3. The number of fused-ring (bicyclic) bond motifs is 2. The number of anilines is 2. The van der Waals surface area contributed by atoms with Crippen LogP contribution in [0.5, 0.6) is 5.75 Å². The van der Waals surface area contributed by atoms with Crippen molar-refractivity contribution < 1.29 is 27.5 Å². The minimum absolute atomic E-state index is 0.0407. The topological polar surface area (TPSA) is 111 Å². The molecule has 3 atom stereocenters. The summed E-state index contributed by atoms with van der Waals surface area (Å²) in [5, 5.41) is 10.1. The number of nitrogens with two attached hydrogens (primary N) is 1. The van der Waals surface area contributed by atoms with Crippen molar-refractivity contribution in [2.24, 2.45) is 11.7 Å². The molecule has 1 aliphatic heterocycles. The number of nitrogens with one attached hydrogen (secondary N) is 2. The Morgan fingerprint density at radius 1 is 1.29 bits per heavy atom. The van der Waals surface area contributed by atoms with E-state index in [2.05, 4.69) is 38.6 Å². The summed E-state index contributed by atoms with van der Waals surface area (Å²) in [6.07, 6.45) is -2.59. The highest BCUT2D eigenvalue weighted by Gasteiger charge is 2.48. The summed E-state index contributed by atoms with van der Waals surface area (Å²) in [4.78, 5) is 26.5. The summed E-state index contributed by atoms with van der Waals surface area (Å²) in [6, 6.07) is 4.11. The number of carbonyl (C=O) groups is 2. The van der Waals surface area contributed by atoms with Crippen molar-refractivity contribution in [1.29, 1.82) is 0 Å². The van der Waals surface area contributed by atoms with Gasteiger partial charge >= 0.3 is 6.18 Å². The summed E-state index contributed by atoms with van der Waals surface area (Å²) < 4.78 is 48.5. The maximum atomic E-state index is 14.1. The van der Waals surface area contributed by atoms with E-state index in [0.29, 0.717) is 23.7 Å². The first kappa shape index (κ1) is 26.5. The molecule has 0 spiro atoms. The Labute approximate surface area is 228 Å². The third-order valence-electron chi connectivity index (χ3n) is 7.01. The molecule has 0 radical (unpaired) electrons. The maximum Gasteiger partial charge on any atom is 0.410 e. The number of aromatic nitrogens is 2. The zero-order chi connectivity index (χ0) is 27.4. The highest BCUT2D eigenvalue weighted by molar-refractivity contribution is 9.10. The van der Waals surface area contributed by atoms with Gasteiger partial charge in [-0.25, -0.2) is 4.68 Å². The van der Waals surface area contributed by atoms with Crippen LogP contribution in [0, 0.1) is 5.92 Å². The number of primary amides is 1. The van der Waals surface area contributed by atoms with Gasteiger partial charge in [0.25, 0.3) is 11.8 Å². The first-order chi connectivity index (χ1) is 18.0. The molecule has 2 aliphatic rings. The highest BCUT2D eigenvalue weighted by atomic mass is 79.9. The zero-order valence-electron chi connectivity index (χ0n) is 20.5. The fourth-order valence-electron chi connectivity index (χ4n) is 5.05. The van der Waals surface area contributed by atoms with E-state index in [0.717, 1.165) is 28.0 Å². The molecule has 5 rings (SSSR count). The number of hydrogen-bond acceptors (Lipinski definition) is 6. The Hall–Kier alpha value is -3.06. The summed E-state index contributed by atoms with van der Waals surface area (Å²) in [7, 11) is 1.51. The van der Waals surface area contributed by atoms with Crippen LogP contribution in [-0.2, 0) is 12.8 Å². The molecule has 3 unspecified atom stereocenters. The van der Waals surface area contributed by atoms with E-state index in [9.17, 15) is 22.8 Å². The standard InChI is InChI=1S/C25H25BrF3N5O3S/c1-11-3-8-14-16(9-11)38-24(18(14)21(30)35)32-23(36)20-19(26)22-31-15(12-4-6-13(37-2)7-5-12)10-17(25(27,28)29)34(22)33-20/h4-7,11,15,17,31H,3,8-10H2,1-2H3,(H2,30,35)(H,32,36). The van der Waals surface area contributed by atoms with Gasteiger partial charge in [-0.05, 0) is 64.4 Å². The zero-order valence-corrected chi connectivity index (χ0v) is 22.9. The molecule has 38 heavy (non-hydrogen) atoms. The first-order valence-corrected chi connectivity index (χ1v) is 13.6. The van der Waals surface area contributed by atoms with E-state index >= 15 is 0 Å². The maximum absolute atomic E-state index is 14.1. The lowest BCUT2D eigenvalue weighted by molar-refractivity contribution is -0.173. The number of carbonyl (C=O) groups excluding carboxylic acids is 2. The van der Waals surface area contributed by atoms with E-state index in [-0.39, 0.29) is 33.0 Å². The largest absolute Gasteiger partial charge is 0.497 e. The Kier molecular flexibility index (Phi) is 6.93. The number of benzene rings is 1. The monoisotopic (exact) mass is 611 g/mol. The Balaban J connectivity index is 1.48. The molecule has 3 aromatic rings. The number of methoxy groups -OCH3 is 1. The molecule has 13 heteroatoms. The molecule has 202 valence electrons. The van der Waals surface area contributed by atoms with Crippen molar-refractivity contribution in [3.63, 3.8) is 0 Å². The van der Waals surface area contributed by atoms with Gasteiger partial charge in [0.15, 0.2) is 11.7 Å². The molecule has 1 aromatic carbocycles. The minimum atomic E-state index is -4.61. The lowest BCUT2D eigenvalue weighted by Crippen LogP contribution is -2.35. The molecular formula is C25H25BrF3N5O3S. The summed E-state index contributed by atoms with van der Waals surface area (Å²) in [6.45, 7) is 2.11. The third kappa shape index (κ3) is 4.77. The van der Waals surface area contributed by atoms with Gasteiger partial charge in [-0.1, -0.05) is 19.1 Å². The predicted octanol–water partition coefficient (Wildman–Crippen LogP) is 5.85. The fraction of sp³-hybridized carbons (Fsp3) is 0.400. The predicted molar refractivity (Wildman–Crippen MR) is 141 cm³/mol. The molecule has 0 saturated heterocycles.